The van der Waals surface area contributed by atoms with Gasteiger partial charge in [0.25, 0.3) is 0 Å². The third-order valence-electron chi connectivity index (χ3n) is 6.54. The molecule has 0 aliphatic heterocycles. The van der Waals surface area contributed by atoms with Gasteiger partial charge in [0.2, 0.25) is 0 Å². The highest BCUT2D eigenvalue weighted by Crippen LogP contribution is 2.35. The lowest BCUT2D eigenvalue weighted by molar-refractivity contribution is 0.0970. The van der Waals surface area contributed by atoms with E-state index in [-0.39, 0.29) is 23.3 Å². The maximum Gasteiger partial charge on any atom is 0.163 e. The van der Waals surface area contributed by atoms with Crippen LogP contribution >= 0.6 is 11.6 Å². The molecule has 3 aromatic rings. The number of rotatable bonds is 10. The highest BCUT2D eigenvalue weighted by molar-refractivity contribution is 6.31. The number of pyridine rings is 1. The van der Waals surface area contributed by atoms with E-state index in [0.717, 1.165) is 18.4 Å². The third kappa shape index (κ3) is 6.47. The predicted octanol–water partition coefficient (Wildman–Crippen LogP) is 6.12. The average Bonchev–Trinajstić information content (AvgIpc) is 3.67. The quantitative estimate of drug-likeness (QED) is 0.309. The third-order valence-corrected chi connectivity index (χ3v) is 6.83. The molecule has 4 N–H and O–H groups in total. The van der Waals surface area contributed by atoms with Gasteiger partial charge in [-0.15, -0.1) is 0 Å². The second kappa shape index (κ2) is 10.4. The Morgan fingerprint density at radius 3 is 2.43 bits per heavy atom. The summed E-state index contributed by atoms with van der Waals surface area (Å²) < 4.78 is 25.0. The Bertz CT molecular complexity index is 1320. The molecule has 37 heavy (non-hydrogen) atoms. The number of methoxy groups -OCH3 is 1. The molecule has 0 spiro atoms. The maximum atomic E-state index is 13.8. The van der Waals surface area contributed by atoms with E-state index >= 15 is 0 Å². The Balaban J connectivity index is 1.58. The zero-order valence-corrected chi connectivity index (χ0v) is 22.4. The fourth-order valence-corrected chi connectivity index (χ4v) is 4.13. The minimum atomic E-state index is -0.936. The van der Waals surface area contributed by atoms with Gasteiger partial charge in [-0.1, -0.05) is 11.6 Å². The number of nitrogens with zero attached hydrogens (tertiary/aromatic N) is 1. The molecule has 196 valence electrons. The molecule has 1 fully saturated rings. The fourth-order valence-electron chi connectivity index (χ4n) is 3.95. The standard InChI is InChI=1S/C29H33ClFN3O3/c1-28(2,32)19-15-23(17-5-9-22(31)21(30)13-17)34-27(16-19)29(3,33)12-11-24(35)18-6-10-25(26(14-18)36-4)37-20-7-8-20/h5-6,9-10,13-16,20H,7-8,11-12,32-33H2,1-4H3. The normalized spacial score (nSPS) is 15.2. The first-order chi connectivity index (χ1) is 17.4. The SMILES string of the molecule is COc1cc(C(=O)CCC(C)(N)c2cc(C(C)(C)N)cc(-c3ccc(F)c(Cl)c3)n2)ccc1OC1CC1. The average molecular weight is 526 g/mol. The highest BCUT2D eigenvalue weighted by atomic mass is 35.5. The maximum absolute atomic E-state index is 13.8. The van der Waals surface area contributed by atoms with Crippen molar-refractivity contribution in [3.8, 4) is 22.8 Å². The molecule has 0 amide bonds. The first kappa shape index (κ1) is 27.0. The van der Waals surface area contributed by atoms with Crippen molar-refractivity contribution < 1.29 is 18.7 Å². The van der Waals surface area contributed by atoms with Crippen molar-refractivity contribution in [3.05, 3.63) is 76.2 Å². The van der Waals surface area contributed by atoms with Crippen molar-refractivity contribution in [1.29, 1.82) is 0 Å². The molecular weight excluding hydrogens is 493 g/mol. The van der Waals surface area contributed by atoms with E-state index in [0.29, 0.717) is 40.4 Å². The first-order valence-corrected chi connectivity index (χ1v) is 12.7. The number of ketones is 1. The van der Waals surface area contributed by atoms with Gasteiger partial charge in [0, 0.05) is 23.1 Å². The van der Waals surface area contributed by atoms with Gasteiger partial charge in [-0.3, -0.25) is 9.78 Å². The van der Waals surface area contributed by atoms with E-state index in [4.69, 9.17) is 37.5 Å². The Morgan fingerprint density at radius 2 is 1.81 bits per heavy atom. The van der Waals surface area contributed by atoms with Crippen LogP contribution in [0.1, 0.15) is 68.1 Å². The van der Waals surface area contributed by atoms with Gasteiger partial charge in [0.05, 0.1) is 35.2 Å². The molecule has 6 nitrogen and oxygen atoms in total. The number of hydrogen-bond acceptors (Lipinski definition) is 6. The van der Waals surface area contributed by atoms with Crippen LogP contribution in [0.4, 0.5) is 4.39 Å². The van der Waals surface area contributed by atoms with E-state index in [1.807, 2.05) is 32.9 Å². The minimum Gasteiger partial charge on any atom is -0.493 e. The zero-order valence-electron chi connectivity index (χ0n) is 21.6. The lowest BCUT2D eigenvalue weighted by atomic mass is 9.86. The van der Waals surface area contributed by atoms with Gasteiger partial charge in [-0.05, 0) is 94.1 Å². The van der Waals surface area contributed by atoms with Crippen molar-refractivity contribution in [3.63, 3.8) is 0 Å². The van der Waals surface area contributed by atoms with Crippen LogP contribution in [0.3, 0.4) is 0 Å². The van der Waals surface area contributed by atoms with E-state index in [1.165, 1.54) is 12.1 Å². The van der Waals surface area contributed by atoms with Crippen molar-refractivity contribution >= 4 is 17.4 Å². The van der Waals surface area contributed by atoms with Crippen LogP contribution in [0, 0.1) is 5.82 Å². The van der Waals surface area contributed by atoms with Gasteiger partial charge in [-0.2, -0.15) is 0 Å². The molecule has 1 aliphatic rings. The first-order valence-electron chi connectivity index (χ1n) is 12.3. The number of carbonyl (C=O) groups excluding carboxylic acids is 1. The lowest BCUT2D eigenvalue weighted by Gasteiger charge is -2.28. The van der Waals surface area contributed by atoms with Gasteiger partial charge in [0.1, 0.15) is 5.82 Å². The smallest absolute Gasteiger partial charge is 0.163 e. The number of carbonyl (C=O) groups is 1. The summed E-state index contributed by atoms with van der Waals surface area (Å²) in [6, 6.07) is 13.4. The molecule has 0 bridgehead atoms. The van der Waals surface area contributed by atoms with Crippen LogP contribution < -0.4 is 20.9 Å². The highest BCUT2D eigenvalue weighted by Gasteiger charge is 2.29. The zero-order chi connectivity index (χ0) is 27.0. The molecule has 0 radical (unpaired) electrons. The summed E-state index contributed by atoms with van der Waals surface area (Å²) in [6.45, 7) is 5.61. The largest absolute Gasteiger partial charge is 0.493 e. The fraction of sp³-hybridized carbons (Fsp3) is 0.379. The van der Waals surface area contributed by atoms with Crippen LogP contribution in [-0.2, 0) is 11.1 Å². The van der Waals surface area contributed by atoms with E-state index < -0.39 is 16.9 Å². The number of halogens is 2. The summed E-state index contributed by atoms with van der Waals surface area (Å²) in [5, 5.41) is 0.00310. The molecule has 1 heterocycles. The van der Waals surface area contributed by atoms with Crippen molar-refractivity contribution in [2.45, 2.75) is 63.6 Å². The molecule has 8 heteroatoms. The van der Waals surface area contributed by atoms with Crippen molar-refractivity contribution in [2.75, 3.05) is 7.11 Å². The Morgan fingerprint density at radius 1 is 1.08 bits per heavy atom. The summed E-state index contributed by atoms with van der Waals surface area (Å²) in [4.78, 5) is 17.9. The number of hydrogen-bond donors (Lipinski definition) is 2. The van der Waals surface area contributed by atoms with Crippen molar-refractivity contribution in [2.24, 2.45) is 11.5 Å². The lowest BCUT2D eigenvalue weighted by Crippen LogP contribution is -2.36. The molecule has 1 aliphatic carbocycles. The minimum absolute atomic E-state index is 0.00310. The number of ether oxygens (including phenoxy) is 2. The van der Waals surface area contributed by atoms with Crippen LogP contribution in [-0.4, -0.2) is 24.0 Å². The summed E-state index contributed by atoms with van der Waals surface area (Å²) in [7, 11) is 1.56. The number of aromatic nitrogens is 1. The summed E-state index contributed by atoms with van der Waals surface area (Å²) in [5.74, 6) is 0.611. The topological polar surface area (TPSA) is 100 Å². The monoisotopic (exact) mass is 525 g/mol. The number of nitrogens with two attached hydrogens (primary N) is 2. The van der Waals surface area contributed by atoms with Gasteiger partial charge >= 0.3 is 0 Å². The summed E-state index contributed by atoms with van der Waals surface area (Å²) in [6.07, 6.45) is 2.84. The number of benzene rings is 2. The molecule has 1 atom stereocenters. The van der Waals surface area contributed by atoms with E-state index in [2.05, 4.69) is 0 Å². The molecule has 1 unspecified atom stereocenters. The molecular formula is C29H33ClFN3O3. The number of Topliss-reactive ketones (excluding diaryl/α,β-unsaturated/α-hetero) is 1. The second-order valence-corrected chi connectivity index (χ2v) is 10.9. The van der Waals surface area contributed by atoms with E-state index in [1.54, 1.807) is 31.4 Å². The Kier molecular flexibility index (Phi) is 7.60. The molecule has 1 saturated carbocycles. The Hall–Kier alpha value is -3.00. The molecule has 1 aromatic heterocycles. The van der Waals surface area contributed by atoms with Crippen LogP contribution in [0.5, 0.6) is 11.5 Å². The van der Waals surface area contributed by atoms with E-state index in [9.17, 15) is 9.18 Å². The predicted molar refractivity (Wildman–Crippen MR) is 144 cm³/mol. The van der Waals surface area contributed by atoms with Crippen LogP contribution in [0.2, 0.25) is 5.02 Å². The molecule has 2 aromatic carbocycles. The molecule has 0 saturated heterocycles. The Labute approximate surface area is 222 Å². The van der Waals surface area contributed by atoms with Crippen molar-refractivity contribution in [1.82, 2.24) is 4.98 Å². The second-order valence-electron chi connectivity index (χ2n) is 10.5. The van der Waals surface area contributed by atoms with Gasteiger partial charge < -0.3 is 20.9 Å². The molecule has 4 rings (SSSR count). The van der Waals surface area contributed by atoms with Crippen LogP contribution in [0.15, 0.2) is 48.5 Å². The van der Waals surface area contributed by atoms with Crippen LogP contribution in [0.25, 0.3) is 11.3 Å². The summed E-state index contributed by atoms with van der Waals surface area (Å²) >= 11 is 6.02. The summed E-state index contributed by atoms with van der Waals surface area (Å²) in [5.41, 5.74) is 14.7. The van der Waals surface area contributed by atoms with Gasteiger partial charge in [-0.25, -0.2) is 4.39 Å². The van der Waals surface area contributed by atoms with Gasteiger partial charge in [0.15, 0.2) is 17.3 Å².